The van der Waals surface area contributed by atoms with E-state index in [1.807, 2.05) is 32.9 Å². The topological polar surface area (TPSA) is 42.0 Å². The molecule has 1 aromatic rings. The molecule has 1 N–H and O–H groups in total. The first-order chi connectivity index (χ1) is 8.04. The van der Waals surface area contributed by atoms with Crippen molar-refractivity contribution in [2.75, 3.05) is 5.88 Å². The van der Waals surface area contributed by atoms with Crippen molar-refractivity contribution in [1.29, 1.82) is 0 Å². The van der Waals surface area contributed by atoms with Gasteiger partial charge in [0.25, 0.3) is 5.91 Å². The summed E-state index contributed by atoms with van der Waals surface area (Å²) in [6, 6.07) is 3.81. The molecule has 0 aliphatic carbocycles. The quantitative estimate of drug-likeness (QED) is 0.821. The van der Waals surface area contributed by atoms with Crippen molar-refractivity contribution >= 4 is 17.5 Å². The molecule has 94 valence electrons. The molecule has 0 radical (unpaired) electrons. The lowest BCUT2D eigenvalue weighted by molar-refractivity contribution is 0.0937. The summed E-state index contributed by atoms with van der Waals surface area (Å²) in [7, 11) is 0. The molecule has 0 aliphatic heterocycles. The van der Waals surface area contributed by atoms with Gasteiger partial charge in [-0.05, 0) is 45.7 Å². The molecule has 0 saturated heterocycles. The maximum atomic E-state index is 12.0. The summed E-state index contributed by atoms with van der Waals surface area (Å²) in [6.07, 6.45) is 1.81. The number of rotatable bonds is 5. The van der Waals surface area contributed by atoms with Crippen LogP contribution >= 0.6 is 11.6 Å². The molecule has 0 fully saturated rings. The largest absolute Gasteiger partial charge is 0.350 e. The summed E-state index contributed by atoms with van der Waals surface area (Å²) in [5, 5.41) is 2.95. The first-order valence-electron chi connectivity index (χ1n) is 5.85. The minimum absolute atomic E-state index is 0.0583. The number of nitrogens with one attached hydrogen (secondary N) is 1. The van der Waals surface area contributed by atoms with E-state index in [0.29, 0.717) is 11.4 Å². The highest BCUT2D eigenvalue weighted by Crippen LogP contribution is 2.07. The van der Waals surface area contributed by atoms with E-state index in [1.54, 1.807) is 0 Å². The SMILES string of the molecule is Cc1ccc(C(=O)NC(C)CCCCl)c(C)n1. The first-order valence-corrected chi connectivity index (χ1v) is 6.39. The highest BCUT2D eigenvalue weighted by atomic mass is 35.5. The lowest BCUT2D eigenvalue weighted by Gasteiger charge is -2.14. The molecule has 1 rings (SSSR count). The highest BCUT2D eigenvalue weighted by molar-refractivity contribution is 6.17. The van der Waals surface area contributed by atoms with Crippen molar-refractivity contribution in [2.24, 2.45) is 0 Å². The molecular formula is C13H19ClN2O. The normalized spacial score (nSPS) is 12.2. The maximum absolute atomic E-state index is 12.0. The van der Waals surface area contributed by atoms with Crippen LogP contribution in [0.25, 0.3) is 0 Å². The fourth-order valence-corrected chi connectivity index (χ4v) is 1.84. The van der Waals surface area contributed by atoms with E-state index in [0.717, 1.165) is 24.2 Å². The van der Waals surface area contributed by atoms with E-state index in [4.69, 9.17) is 11.6 Å². The van der Waals surface area contributed by atoms with Crippen LogP contribution in [-0.2, 0) is 0 Å². The van der Waals surface area contributed by atoms with Gasteiger partial charge >= 0.3 is 0 Å². The Bertz CT molecular complexity index is 393. The van der Waals surface area contributed by atoms with Crippen LogP contribution in [0.2, 0.25) is 0 Å². The Labute approximate surface area is 108 Å². The Balaban J connectivity index is 2.63. The van der Waals surface area contributed by atoms with E-state index in [-0.39, 0.29) is 11.9 Å². The summed E-state index contributed by atoms with van der Waals surface area (Å²) in [6.45, 7) is 5.75. The van der Waals surface area contributed by atoms with Crippen molar-refractivity contribution in [3.63, 3.8) is 0 Å². The molecular weight excluding hydrogens is 236 g/mol. The number of halogens is 1. The summed E-state index contributed by atoms with van der Waals surface area (Å²) >= 11 is 5.62. The zero-order valence-corrected chi connectivity index (χ0v) is 11.3. The van der Waals surface area contributed by atoms with Crippen LogP contribution in [0.3, 0.4) is 0 Å². The maximum Gasteiger partial charge on any atom is 0.253 e. The van der Waals surface area contributed by atoms with Gasteiger partial charge in [0, 0.05) is 17.6 Å². The third-order valence-electron chi connectivity index (χ3n) is 2.62. The van der Waals surface area contributed by atoms with Gasteiger partial charge in [0.1, 0.15) is 0 Å². The summed E-state index contributed by atoms with van der Waals surface area (Å²) in [5.41, 5.74) is 2.34. The Kier molecular flexibility index (Phi) is 5.42. The Morgan fingerprint density at radius 3 is 2.76 bits per heavy atom. The summed E-state index contributed by atoms with van der Waals surface area (Å²) in [5.74, 6) is 0.572. The monoisotopic (exact) mass is 254 g/mol. The van der Waals surface area contributed by atoms with Crippen LogP contribution < -0.4 is 5.32 Å². The van der Waals surface area contributed by atoms with Gasteiger partial charge in [0.15, 0.2) is 0 Å². The molecule has 0 aliphatic rings. The molecule has 4 heteroatoms. The van der Waals surface area contributed by atoms with Crippen molar-refractivity contribution in [3.05, 3.63) is 29.1 Å². The molecule has 1 aromatic heterocycles. The van der Waals surface area contributed by atoms with E-state index in [2.05, 4.69) is 10.3 Å². The molecule has 1 unspecified atom stereocenters. The van der Waals surface area contributed by atoms with Crippen LogP contribution in [0.4, 0.5) is 0 Å². The predicted molar refractivity (Wildman–Crippen MR) is 70.6 cm³/mol. The van der Waals surface area contributed by atoms with Gasteiger partial charge in [-0.25, -0.2) is 0 Å². The van der Waals surface area contributed by atoms with Crippen molar-refractivity contribution in [2.45, 2.75) is 39.7 Å². The third-order valence-corrected chi connectivity index (χ3v) is 2.89. The molecule has 1 atom stereocenters. The summed E-state index contributed by atoms with van der Waals surface area (Å²) < 4.78 is 0. The van der Waals surface area contributed by atoms with E-state index < -0.39 is 0 Å². The zero-order chi connectivity index (χ0) is 12.8. The van der Waals surface area contributed by atoms with Crippen LogP contribution in [0, 0.1) is 13.8 Å². The van der Waals surface area contributed by atoms with Crippen LogP contribution in [0.1, 0.15) is 41.5 Å². The number of hydrogen-bond donors (Lipinski definition) is 1. The number of pyridine rings is 1. The molecule has 0 spiro atoms. The number of amides is 1. The smallest absolute Gasteiger partial charge is 0.253 e. The number of carbonyl (C=O) groups excluding carboxylic acids is 1. The van der Waals surface area contributed by atoms with Crippen LogP contribution in [0.15, 0.2) is 12.1 Å². The second-order valence-corrected chi connectivity index (χ2v) is 4.67. The number of nitrogens with zero attached hydrogens (tertiary/aromatic N) is 1. The second-order valence-electron chi connectivity index (χ2n) is 4.29. The standard InChI is InChI=1S/C13H19ClN2O/c1-9(5-4-8-14)16-13(17)12-7-6-10(2)15-11(12)3/h6-7,9H,4-5,8H2,1-3H3,(H,16,17). The number of alkyl halides is 1. The van der Waals surface area contributed by atoms with Crippen molar-refractivity contribution < 1.29 is 4.79 Å². The molecule has 1 amide bonds. The van der Waals surface area contributed by atoms with Gasteiger partial charge < -0.3 is 5.32 Å². The average molecular weight is 255 g/mol. The van der Waals surface area contributed by atoms with Crippen LogP contribution in [0.5, 0.6) is 0 Å². The molecule has 0 bridgehead atoms. The zero-order valence-electron chi connectivity index (χ0n) is 10.6. The van der Waals surface area contributed by atoms with E-state index >= 15 is 0 Å². The number of aryl methyl sites for hydroxylation is 2. The number of hydrogen-bond acceptors (Lipinski definition) is 2. The fourth-order valence-electron chi connectivity index (χ4n) is 1.68. The van der Waals surface area contributed by atoms with Gasteiger partial charge in [-0.3, -0.25) is 9.78 Å². The molecule has 3 nitrogen and oxygen atoms in total. The first kappa shape index (κ1) is 14.0. The Morgan fingerprint density at radius 1 is 1.47 bits per heavy atom. The van der Waals surface area contributed by atoms with Gasteiger partial charge in [0.2, 0.25) is 0 Å². The van der Waals surface area contributed by atoms with Crippen molar-refractivity contribution in [3.8, 4) is 0 Å². The predicted octanol–water partition coefficient (Wildman–Crippen LogP) is 2.84. The lowest BCUT2D eigenvalue weighted by Crippen LogP contribution is -2.33. The summed E-state index contributed by atoms with van der Waals surface area (Å²) in [4.78, 5) is 16.2. The fraction of sp³-hybridized carbons (Fsp3) is 0.538. The molecule has 1 heterocycles. The van der Waals surface area contributed by atoms with Gasteiger partial charge in [0.05, 0.1) is 11.3 Å². The number of carbonyl (C=O) groups is 1. The minimum Gasteiger partial charge on any atom is -0.350 e. The van der Waals surface area contributed by atoms with Gasteiger partial charge in [-0.2, -0.15) is 0 Å². The molecule has 0 saturated carbocycles. The Hall–Kier alpha value is -1.09. The van der Waals surface area contributed by atoms with Crippen LogP contribution in [-0.4, -0.2) is 22.8 Å². The molecule has 0 aromatic carbocycles. The number of aromatic nitrogens is 1. The van der Waals surface area contributed by atoms with Gasteiger partial charge in [-0.15, -0.1) is 11.6 Å². The second kappa shape index (κ2) is 6.60. The highest BCUT2D eigenvalue weighted by Gasteiger charge is 2.12. The minimum atomic E-state index is -0.0583. The average Bonchev–Trinajstić information content (AvgIpc) is 2.26. The molecule has 17 heavy (non-hydrogen) atoms. The van der Waals surface area contributed by atoms with Gasteiger partial charge in [-0.1, -0.05) is 0 Å². The van der Waals surface area contributed by atoms with E-state index in [1.165, 1.54) is 0 Å². The van der Waals surface area contributed by atoms with E-state index in [9.17, 15) is 4.79 Å². The Morgan fingerprint density at radius 2 is 2.18 bits per heavy atom. The van der Waals surface area contributed by atoms with Crippen molar-refractivity contribution in [1.82, 2.24) is 10.3 Å². The third kappa shape index (κ3) is 4.35. The lowest BCUT2D eigenvalue weighted by atomic mass is 10.1.